The van der Waals surface area contributed by atoms with Crippen LogP contribution in [0.5, 0.6) is 0 Å². The molecule has 8 heteroatoms. The maximum Gasteiger partial charge on any atom is 0.410 e. The van der Waals surface area contributed by atoms with Crippen LogP contribution in [0.25, 0.3) is 0 Å². The second kappa shape index (κ2) is 7.50. The van der Waals surface area contributed by atoms with Crippen LogP contribution in [-0.2, 0) is 19.5 Å². The minimum absolute atomic E-state index is 0.158. The van der Waals surface area contributed by atoms with Crippen LogP contribution in [0.4, 0.5) is 4.79 Å². The van der Waals surface area contributed by atoms with E-state index in [2.05, 4.69) is 4.40 Å². The number of hydrogen-bond donors (Lipinski definition) is 0. The smallest absolute Gasteiger partial charge is 0.410 e. The molecule has 2 aliphatic rings. The lowest BCUT2D eigenvalue weighted by molar-refractivity contribution is 0.0154. The number of carbonyl (C=O) groups is 1. The van der Waals surface area contributed by atoms with Gasteiger partial charge in [-0.05, 0) is 58.1 Å². The van der Waals surface area contributed by atoms with Crippen LogP contribution in [0, 0.1) is 5.92 Å². The molecule has 1 amide bonds. The fourth-order valence-corrected chi connectivity index (χ4v) is 4.45. The Balaban J connectivity index is 1.53. The maximum absolute atomic E-state index is 12.2. The van der Waals surface area contributed by atoms with Gasteiger partial charge in [0.05, 0.1) is 12.2 Å². The Morgan fingerprint density at radius 1 is 1.30 bits per heavy atom. The van der Waals surface area contributed by atoms with Crippen molar-refractivity contribution in [2.24, 2.45) is 10.3 Å². The highest BCUT2D eigenvalue weighted by atomic mass is 32.2. The molecule has 2 heterocycles. The van der Waals surface area contributed by atoms with Crippen LogP contribution in [-0.4, -0.2) is 50.6 Å². The number of piperidine rings is 1. The molecule has 0 saturated carbocycles. The third-order valence-corrected chi connectivity index (χ3v) is 5.85. The summed E-state index contributed by atoms with van der Waals surface area (Å²) in [5.41, 5.74) is 0.00337. The maximum atomic E-state index is 12.2. The number of benzene rings is 1. The highest BCUT2D eigenvalue weighted by Crippen LogP contribution is 2.27. The summed E-state index contributed by atoms with van der Waals surface area (Å²) < 4.78 is 38.9. The van der Waals surface area contributed by atoms with Crippen molar-refractivity contribution in [1.29, 1.82) is 0 Å². The molecule has 27 heavy (non-hydrogen) atoms. The predicted octanol–water partition coefficient (Wildman–Crippen LogP) is 3.19. The van der Waals surface area contributed by atoms with Gasteiger partial charge in [-0.1, -0.05) is 12.1 Å². The van der Waals surface area contributed by atoms with Gasteiger partial charge in [0.2, 0.25) is 5.90 Å². The Bertz CT molecular complexity index is 842. The first-order valence-corrected chi connectivity index (χ1v) is 10.6. The summed E-state index contributed by atoms with van der Waals surface area (Å²) in [4.78, 5) is 14.2. The Hall–Kier alpha value is -2.09. The Morgan fingerprint density at radius 3 is 2.78 bits per heavy atom. The van der Waals surface area contributed by atoms with E-state index in [1.807, 2.05) is 20.8 Å². The third-order valence-electron chi connectivity index (χ3n) is 4.53. The van der Waals surface area contributed by atoms with E-state index in [-0.39, 0.29) is 16.9 Å². The third kappa shape index (κ3) is 4.80. The van der Waals surface area contributed by atoms with Crippen molar-refractivity contribution >= 4 is 22.0 Å². The van der Waals surface area contributed by atoms with Gasteiger partial charge in [-0.15, -0.1) is 4.40 Å². The molecule has 1 fully saturated rings. The first-order valence-electron chi connectivity index (χ1n) is 9.21. The van der Waals surface area contributed by atoms with Gasteiger partial charge in [0.15, 0.2) is 0 Å². The van der Waals surface area contributed by atoms with Gasteiger partial charge in [0, 0.05) is 13.1 Å². The van der Waals surface area contributed by atoms with Crippen molar-refractivity contribution in [2.45, 2.75) is 50.5 Å². The molecule has 1 aromatic carbocycles. The van der Waals surface area contributed by atoms with E-state index in [1.165, 1.54) is 6.07 Å². The Kier molecular flexibility index (Phi) is 5.46. The number of carbonyl (C=O) groups excluding carboxylic acids is 1. The van der Waals surface area contributed by atoms with E-state index in [9.17, 15) is 13.2 Å². The zero-order valence-electron chi connectivity index (χ0n) is 16.0. The van der Waals surface area contributed by atoms with Gasteiger partial charge in [0.1, 0.15) is 10.5 Å². The standard InChI is InChI=1S/C19H26N2O5S/c1-19(2,3)26-18(22)21-11-6-7-14(13-21)10-12-25-17-15-8-4-5-9-16(15)27(23,24)20-17/h4-5,8-9,14H,6-7,10-13H2,1-3H3. The Labute approximate surface area is 160 Å². The molecule has 2 aliphatic heterocycles. The molecule has 0 aliphatic carbocycles. The molecule has 148 valence electrons. The molecule has 0 aromatic heterocycles. The summed E-state index contributed by atoms with van der Waals surface area (Å²) in [5, 5.41) is 0. The van der Waals surface area contributed by atoms with E-state index < -0.39 is 15.6 Å². The lowest BCUT2D eigenvalue weighted by Gasteiger charge is -2.34. The predicted molar refractivity (Wildman–Crippen MR) is 101 cm³/mol. The minimum atomic E-state index is -3.65. The largest absolute Gasteiger partial charge is 0.477 e. The number of hydrogen-bond acceptors (Lipinski definition) is 5. The first-order chi connectivity index (χ1) is 12.7. The number of ether oxygens (including phenoxy) is 2. The van der Waals surface area contributed by atoms with Crippen LogP contribution in [0.15, 0.2) is 33.6 Å². The number of fused-ring (bicyclic) bond motifs is 1. The van der Waals surface area contributed by atoms with Gasteiger partial charge < -0.3 is 14.4 Å². The van der Waals surface area contributed by atoms with Gasteiger partial charge in [-0.25, -0.2) is 4.79 Å². The van der Waals surface area contributed by atoms with E-state index in [0.29, 0.717) is 31.2 Å². The number of nitrogens with zero attached hydrogens (tertiary/aromatic N) is 2. The zero-order chi connectivity index (χ0) is 19.7. The molecular formula is C19H26N2O5S. The fraction of sp³-hybridized carbons (Fsp3) is 0.579. The average Bonchev–Trinajstić information content (AvgIpc) is 2.85. The van der Waals surface area contributed by atoms with E-state index >= 15 is 0 Å². The molecule has 1 saturated heterocycles. The molecule has 0 spiro atoms. The number of likely N-dealkylation sites (tertiary alicyclic amines) is 1. The fourth-order valence-electron chi connectivity index (χ4n) is 3.30. The van der Waals surface area contributed by atoms with Gasteiger partial charge in [-0.3, -0.25) is 0 Å². The lowest BCUT2D eigenvalue weighted by atomic mass is 9.95. The van der Waals surface area contributed by atoms with Crippen molar-refractivity contribution in [3.8, 4) is 0 Å². The SMILES string of the molecule is CC(C)(C)OC(=O)N1CCCC(CCOC2=NS(=O)(=O)c3ccccc32)C1. The Morgan fingerprint density at radius 2 is 2.04 bits per heavy atom. The molecule has 3 rings (SSSR count). The van der Waals surface area contributed by atoms with Crippen LogP contribution < -0.4 is 0 Å². The number of rotatable bonds is 3. The van der Waals surface area contributed by atoms with E-state index in [4.69, 9.17) is 9.47 Å². The quantitative estimate of drug-likeness (QED) is 0.786. The highest BCUT2D eigenvalue weighted by Gasteiger charge is 2.31. The van der Waals surface area contributed by atoms with Crippen molar-refractivity contribution in [3.63, 3.8) is 0 Å². The molecule has 1 unspecified atom stereocenters. The summed E-state index contributed by atoms with van der Waals surface area (Å²) in [6, 6.07) is 6.66. The summed E-state index contributed by atoms with van der Waals surface area (Å²) in [6.45, 7) is 7.25. The number of amides is 1. The van der Waals surface area contributed by atoms with Crippen molar-refractivity contribution < 1.29 is 22.7 Å². The monoisotopic (exact) mass is 394 g/mol. The number of sulfonamides is 1. The minimum Gasteiger partial charge on any atom is -0.477 e. The average molecular weight is 394 g/mol. The first kappa shape index (κ1) is 19.7. The summed E-state index contributed by atoms with van der Waals surface area (Å²) in [5.74, 6) is 0.450. The van der Waals surface area contributed by atoms with Crippen molar-refractivity contribution in [1.82, 2.24) is 4.90 Å². The molecule has 1 aromatic rings. The lowest BCUT2D eigenvalue weighted by Crippen LogP contribution is -2.43. The van der Waals surface area contributed by atoms with Crippen LogP contribution in [0.3, 0.4) is 0 Å². The molecular weight excluding hydrogens is 368 g/mol. The molecule has 1 atom stereocenters. The van der Waals surface area contributed by atoms with Crippen LogP contribution >= 0.6 is 0 Å². The van der Waals surface area contributed by atoms with E-state index in [0.717, 1.165) is 19.3 Å². The van der Waals surface area contributed by atoms with Gasteiger partial charge in [-0.2, -0.15) is 8.42 Å². The van der Waals surface area contributed by atoms with Crippen molar-refractivity contribution in [3.05, 3.63) is 29.8 Å². The van der Waals surface area contributed by atoms with Crippen LogP contribution in [0.1, 0.15) is 45.6 Å². The summed E-state index contributed by atoms with van der Waals surface area (Å²) >= 11 is 0. The van der Waals surface area contributed by atoms with Gasteiger partial charge >= 0.3 is 6.09 Å². The molecule has 0 radical (unpaired) electrons. The highest BCUT2D eigenvalue weighted by molar-refractivity contribution is 7.90. The van der Waals surface area contributed by atoms with Gasteiger partial charge in [0.25, 0.3) is 10.0 Å². The normalized spacial score (nSPS) is 21.4. The topological polar surface area (TPSA) is 85.3 Å². The zero-order valence-corrected chi connectivity index (χ0v) is 16.8. The second-order valence-corrected chi connectivity index (χ2v) is 9.51. The molecule has 7 nitrogen and oxygen atoms in total. The molecule has 0 N–H and O–H groups in total. The summed E-state index contributed by atoms with van der Waals surface area (Å²) in [6.07, 6.45) is 2.36. The summed E-state index contributed by atoms with van der Waals surface area (Å²) in [7, 11) is -3.65. The molecule has 0 bridgehead atoms. The van der Waals surface area contributed by atoms with E-state index in [1.54, 1.807) is 23.1 Å². The van der Waals surface area contributed by atoms with Crippen LogP contribution in [0.2, 0.25) is 0 Å². The van der Waals surface area contributed by atoms with Crippen molar-refractivity contribution in [2.75, 3.05) is 19.7 Å². The second-order valence-electron chi connectivity index (χ2n) is 7.94.